The van der Waals surface area contributed by atoms with Gasteiger partial charge in [-0.15, -0.1) is 0 Å². The summed E-state index contributed by atoms with van der Waals surface area (Å²) in [5, 5.41) is 3.13. The average molecular weight is 341 g/mol. The fourth-order valence-electron chi connectivity index (χ4n) is 2.13. The van der Waals surface area contributed by atoms with Gasteiger partial charge in [0.05, 0.1) is 4.90 Å². The Bertz CT molecular complexity index is 581. The zero-order chi connectivity index (χ0) is 17.3. The molecule has 0 atom stereocenters. The highest BCUT2D eigenvalue weighted by Crippen LogP contribution is 2.12. The quantitative estimate of drug-likeness (QED) is 0.631. The SMILES string of the molecule is CCCNCCNS(=O)(=O)c1ccc(C(=O)N(CC)CC)cc1. The van der Waals surface area contributed by atoms with E-state index in [-0.39, 0.29) is 10.8 Å². The molecule has 2 N–H and O–H groups in total. The normalized spacial score (nSPS) is 11.4. The molecule has 0 aliphatic carbocycles. The van der Waals surface area contributed by atoms with Gasteiger partial charge in [-0.05, 0) is 51.1 Å². The molecule has 130 valence electrons. The van der Waals surface area contributed by atoms with Gasteiger partial charge in [-0.25, -0.2) is 13.1 Å². The summed E-state index contributed by atoms with van der Waals surface area (Å²) in [6, 6.07) is 6.06. The molecule has 6 nitrogen and oxygen atoms in total. The van der Waals surface area contributed by atoms with Crippen molar-refractivity contribution < 1.29 is 13.2 Å². The van der Waals surface area contributed by atoms with Crippen molar-refractivity contribution in [2.45, 2.75) is 32.1 Å². The second-order valence-electron chi connectivity index (χ2n) is 5.15. The maximum Gasteiger partial charge on any atom is 0.253 e. The summed E-state index contributed by atoms with van der Waals surface area (Å²) < 4.78 is 26.9. The molecule has 23 heavy (non-hydrogen) atoms. The van der Waals surface area contributed by atoms with Gasteiger partial charge in [0.25, 0.3) is 5.91 Å². The Morgan fingerprint density at radius 3 is 2.13 bits per heavy atom. The number of sulfonamides is 1. The molecule has 0 spiro atoms. The number of rotatable bonds is 10. The van der Waals surface area contributed by atoms with E-state index >= 15 is 0 Å². The van der Waals surface area contributed by atoms with E-state index in [1.54, 1.807) is 17.0 Å². The van der Waals surface area contributed by atoms with E-state index in [9.17, 15) is 13.2 Å². The van der Waals surface area contributed by atoms with Crippen molar-refractivity contribution in [2.75, 3.05) is 32.7 Å². The van der Waals surface area contributed by atoms with Crippen LogP contribution in [-0.2, 0) is 10.0 Å². The third-order valence-corrected chi connectivity index (χ3v) is 4.96. The Kier molecular flexibility index (Phi) is 8.22. The van der Waals surface area contributed by atoms with Crippen molar-refractivity contribution in [3.8, 4) is 0 Å². The minimum atomic E-state index is -3.54. The zero-order valence-electron chi connectivity index (χ0n) is 14.1. The van der Waals surface area contributed by atoms with Crippen LogP contribution in [0.4, 0.5) is 0 Å². The van der Waals surface area contributed by atoms with E-state index in [1.165, 1.54) is 12.1 Å². The first kappa shape index (κ1) is 19.6. The van der Waals surface area contributed by atoms with Crippen LogP contribution in [-0.4, -0.2) is 51.9 Å². The minimum absolute atomic E-state index is 0.0873. The molecule has 0 saturated heterocycles. The van der Waals surface area contributed by atoms with Gasteiger partial charge < -0.3 is 10.2 Å². The molecule has 0 heterocycles. The summed E-state index contributed by atoms with van der Waals surface area (Å²) in [4.78, 5) is 14.1. The van der Waals surface area contributed by atoms with Crippen LogP contribution in [0.25, 0.3) is 0 Å². The number of carbonyl (C=O) groups is 1. The van der Waals surface area contributed by atoms with Crippen LogP contribution in [0.15, 0.2) is 29.2 Å². The Morgan fingerprint density at radius 1 is 1.00 bits per heavy atom. The molecule has 7 heteroatoms. The van der Waals surface area contributed by atoms with Gasteiger partial charge in [-0.3, -0.25) is 4.79 Å². The molecule has 0 saturated carbocycles. The summed E-state index contributed by atoms with van der Waals surface area (Å²) >= 11 is 0. The maximum atomic E-state index is 12.2. The molecular formula is C16H27N3O3S. The summed E-state index contributed by atoms with van der Waals surface area (Å²) in [5.41, 5.74) is 0.497. The highest BCUT2D eigenvalue weighted by molar-refractivity contribution is 7.89. The minimum Gasteiger partial charge on any atom is -0.339 e. The second-order valence-corrected chi connectivity index (χ2v) is 6.92. The predicted octanol–water partition coefficient (Wildman–Crippen LogP) is 1.45. The van der Waals surface area contributed by atoms with Crippen molar-refractivity contribution >= 4 is 15.9 Å². The van der Waals surface area contributed by atoms with Crippen LogP contribution in [0, 0.1) is 0 Å². The molecule has 0 aromatic heterocycles. The van der Waals surface area contributed by atoms with Gasteiger partial charge in [0.2, 0.25) is 10.0 Å². The van der Waals surface area contributed by atoms with Gasteiger partial charge in [-0.1, -0.05) is 6.92 Å². The maximum absolute atomic E-state index is 12.2. The Balaban J connectivity index is 2.69. The van der Waals surface area contributed by atoms with E-state index in [4.69, 9.17) is 0 Å². The molecule has 0 bridgehead atoms. The van der Waals surface area contributed by atoms with E-state index < -0.39 is 10.0 Å². The fraction of sp³-hybridized carbons (Fsp3) is 0.562. The topological polar surface area (TPSA) is 78.5 Å². The molecule has 0 aliphatic heterocycles. The lowest BCUT2D eigenvalue weighted by molar-refractivity contribution is 0.0773. The first-order chi connectivity index (χ1) is 11.0. The molecular weight excluding hydrogens is 314 g/mol. The average Bonchev–Trinajstić information content (AvgIpc) is 2.55. The van der Waals surface area contributed by atoms with Crippen LogP contribution in [0.5, 0.6) is 0 Å². The van der Waals surface area contributed by atoms with Crippen LogP contribution in [0.3, 0.4) is 0 Å². The van der Waals surface area contributed by atoms with Crippen molar-refractivity contribution in [3.63, 3.8) is 0 Å². The van der Waals surface area contributed by atoms with Crippen molar-refractivity contribution in [2.24, 2.45) is 0 Å². The molecule has 0 radical (unpaired) electrons. The molecule has 1 aromatic rings. The Morgan fingerprint density at radius 2 is 1.61 bits per heavy atom. The lowest BCUT2D eigenvalue weighted by Crippen LogP contribution is -2.32. The molecule has 1 rings (SSSR count). The molecule has 0 aliphatic rings. The van der Waals surface area contributed by atoms with Gasteiger partial charge in [0.15, 0.2) is 0 Å². The number of benzene rings is 1. The standard InChI is InChI=1S/C16H27N3O3S/c1-4-11-17-12-13-18-23(21,22)15-9-7-14(8-10-15)16(20)19(5-2)6-3/h7-10,17-18H,4-6,11-13H2,1-3H3. The number of carbonyl (C=O) groups excluding carboxylic acids is 1. The zero-order valence-corrected chi connectivity index (χ0v) is 14.9. The largest absolute Gasteiger partial charge is 0.339 e. The third-order valence-electron chi connectivity index (χ3n) is 3.48. The van der Waals surface area contributed by atoms with Crippen LogP contribution in [0.2, 0.25) is 0 Å². The van der Waals surface area contributed by atoms with E-state index in [0.717, 1.165) is 13.0 Å². The number of hydrogen-bond acceptors (Lipinski definition) is 4. The summed E-state index contributed by atoms with van der Waals surface area (Å²) in [6.45, 7) is 8.92. The lowest BCUT2D eigenvalue weighted by Gasteiger charge is -2.18. The number of hydrogen-bond donors (Lipinski definition) is 2. The fourth-order valence-corrected chi connectivity index (χ4v) is 3.16. The van der Waals surface area contributed by atoms with Gasteiger partial charge in [-0.2, -0.15) is 0 Å². The van der Waals surface area contributed by atoms with Gasteiger partial charge in [0.1, 0.15) is 0 Å². The molecule has 0 fully saturated rings. The number of amides is 1. The number of nitrogens with zero attached hydrogens (tertiary/aromatic N) is 1. The second kappa shape index (κ2) is 9.64. The summed E-state index contributed by atoms with van der Waals surface area (Å²) in [7, 11) is -3.54. The highest BCUT2D eigenvalue weighted by Gasteiger charge is 2.16. The lowest BCUT2D eigenvalue weighted by atomic mass is 10.2. The van der Waals surface area contributed by atoms with Crippen LogP contribution >= 0.6 is 0 Å². The number of nitrogens with one attached hydrogen (secondary N) is 2. The van der Waals surface area contributed by atoms with Crippen LogP contribution < -0.4 is 10.0 Å². The molecule has 1 amide bonds. The van der Waals surface area contributed by atoms with E-state index in [0.29, 0.717) is 31.7 Å². The smallest absolute Gasteiger partial charge is 0.253 e. The highest BCUT2D eigenvalue weighted by atomic mass is 32.2. The van der Waals surface area contributed by atoms with Crippen molar-refractivity contribution in [1.29, 1.82) is 0 Å². The van der Waals surface area contributed by atoms with E-state index in [1.807, 2.05) is 13.8 Å². The monoisotopic (exact) mass is 341 g/mol. The first-order valence-corrected chi connectivity index (χ1v) is 9.54. The molecule has 1 aromatic carbocycles. The van der Waals surface area contributed by atoms with E-state index in [2.05, 4.69) is 17.0 Å². The van der Waals surface area contributed by atoms with Gasteiger partial charge in [0, 0.05) is 31.7 Å². The Labute approximate surface area is 139 Å². The first-order valence-electron chi connectivity index (χ1n) is 8.06. The van der Waals surface area contributed by atoms with Crippen molar-refractivity contribution in [3.05, 3.63) is 29.8 Å². The third kappa shape index (κ3) is 5.93. The predicted molar refractivity (Wildman–Crippen MR) is 92.0 cm³/mol. The van der Waals surface area contributed by atoms with Gasteiger partial charge >= 0.3 is 0 Å². The molecule has 0 unspecified atom stereocenters. The summed E-state index contributed by atoms with van der Waals surface area (Å²) in [5.74, 6) is -0.0873. The van der Waals surface area contributed by atoms with Crippen LogP contribution in [0.1, 0.15) is 37.6 Å². The Hall–Kier alpha value is -1.44. The van der Waals surface area contributed by atoms with Crippen molar-refractivity contribution in [1.82, 2.24) is 14.9 Å². The summed E-state index contributed by atoms with van der Waals surface area (Å²) in [6.07, 6.45) is 1.01.